The van der Waals surface area contributed by atoms with Gasteiger partial charge in [0.25, 0.3) is 0 Å². The third-order valence-corrected chi connectivity index (χ3v) is 0. The largest absolute Gasteiger partial charge is 1.00 e. The van der Waals surface area contributed by atoms with Crippen molar-refractivity contribution in [2.45, 2.75) is 0 Å². The molecular weight excluding hydrogens is 720 g/mol. The molecule has 0 aromatic rings. The van der Waals surface area contributed by atoms with E-state index in [9.17, 15) is 0 Å². The first kappa shape index (κ1) is 83.4. The van der Waals surface area contributed by atoms with Gasteiger partial charge in [-0.25, -0.2) is 0 Å². The van der Waals surface area contributed by atoms with Crippen molar-refractivity contribution in [3.05, 3.63) is 60.7 Å². The van der Waals surface area contributed by atoms with Crippen LogP contribution in [-0.2, 0) is 13.0 Å². The van der Waals surface area contributed by atoms with Gasteiger partial charge in [0.05, 0.1) is 0 Å². The van der Waals surface area contributed by atoms with Crippen LogP contribution in [0.15, 0.2) is 32.0 Å². The Hall–Kier alpha value is 7.71. The molecule has 28 heavy (non-hydrogen) atoms. The fourth-order valence-corrected chi connectivity index (χ4v) is 0. The molecule has 0 fully saturated rings. The molecule has 0 bridgehead atoms. The molecule has 0 aliphatic rings. The Labute approximate surface area is 428 Å². The minimum atomic E-state index is -1.66. The van der Waals surface area contributed by atoms with E-state index in [-0.39, 0.29) is 308 Å². The second kappa shape index (κ2) is 141. The maximum Gasteiger partial charge on any atom is 1.00 e. The normalized spacial score (nSPS) is 4.18. The van der Waals surface area contributed by atoms with E-state index in [0.717, 1.165) is 32.0 Å². The Kier molecular flexibility index (Phi) is 421. The summed E-state index contributed by atoms with van der Waals surface area (Å²) in [6.07, 6.45) is 0. The number of halogens is 3. The van der Waals surface area contributed by atoms with Gasteiger partial charge >= 0.3 is 350 Å². The Bertz CT molecular complexity index is 177. The average molecular weight is 720 g/mol. The van der Waals surface area contributed by atoms with Crippen molar-refractivity contribution >= 4 is 29.1 Å². The van der Waals surface area contributed by atoms with Gasteiger partial charge in [-0.05, 0) is 0 Å². The summed E-state index contributed by atoms with van der Waals surface area (Å²) in [6.45, 7) is 0. The topological polar surface area (TPSA) is 315 Å². The predicted molar refractivity (Wildman–Crippen MR) is 72.5 cm³/mol. The summed E-state index contributed by atoms with van der Waals surface area (Å²) >= 11 is -1.66. The smallest absolute Gasteiger partial charge is 1.00 e. The number of hydrogen-bond donors (Lipinski definition) is 0. The van der Waals surface area contributed by atoms with Crippen molar-refractivity contribution in [3.8, 4) is 0 Å². The third-order valence-electron chi connectivity index (χ3n) is 0. The van der Waals surface area contributed by atoms with Crippen molar-refractivity contribution in [1.29, 1.82) is 0 Å². The van der Waals surface area contributed by atoms with Gasteiger partial charge in [0.1, 0.15) is 0 Å². The quantitative estimate of drug-likeness (QED) is 0.128. The number of nitrogens with zero attached hydrogens (tertiary/aromatic N) is 6. The van der Waals surface area contributed by atoms with Gasteiger partial charge < -0.3 is 60.7 Å². The second-order valence-corrected chi connectivity index (χ2v) is 8.05. The predicted octanol–water partition coefficient (Wildman–Crippen LogP) is -14.4. The van der Waals surface area contributed by atoms with Crippen LogP contribution in [0.3, 0.4) is 0 Å². The number of hydrogen-bond acceptors (Lipinski definition) is 18. The first-order valence-corrected chi connectivity index (χ1v) is 8.90. The zero-order valence-electron chi connectivity index (χ0n) is 15.0. The van der Waals surface area contributed by atoms with Gasteiger partial charge in [-0.15, -0.1) is 32.0 Å². The van der Waals surface area contributed by atoms with Gasteiger partial charge in [0.15, 0.2) is 0 Å². The Morgan fingerprint density at radius 2 is 0.393 bits per heavy atom. The summed E-state index contributed by atoms with van der Waals surface area (Å²) in [7, 11) is 14.8. The van der Waals surface area contributed by atoms with Crippen LogP contribution in [0.5, 0.6) is 0 Å². The first-order valence-electron chi connectivity index (χ1n) is 2.57. The van der Waals surface area contributed by atoms with Crippen molar-refractivity contribution in [1.82, 2.24) is 0 Å². The summed E-state index contributed by atoms with van der Waals surface area (Å²) in [5, 5.41) is 54.0. The van der Waals surface area contributed by atoms with E-state index in [1.165, 1.54) is 0 Å². The molecule has 0 atom stereocenters. The summed E-state index contributed by atoms with van der Waals surface area (Å²) in [5.41, 5.74) is 0. The van der Waals surface area contributed by atoms with Crippen molar-refractivity contribution in [2.24, 2.45) is 32.0 Å². The third kappa shape index (κ3) is 607. The minimum Gasteiger partial charge on any atom is 1.00 e. The van der Waals surface area contributed by atoms with Crippen LogP contribution in [0, 0.1) is 60.7 Å². The molecule has 0 aliphatic carbocycles. The summed E-state index contributed by atoms with van der Waals surface area (Å²) in [5.74, 6) is 0. The van der Waals surface area contributed by atoms with E-state index in [2.05, 4.69) is 0 Å². The van der Waals surface area contributed by atoms with Crippen LogP contribution in [-0.4, -0.2) is 0 Å². The molecular formula is Cl3K6N6O12Rh. The van der Waals surface area contributed by atoms with E-state index >= 15 is 0 Å². The Balaban J connectivity index is -0.00000000825. The molecule has 0 saturated carbocycles. The zero-order chi connectivity index (χ0) is 19.8. The molecule has 0 aromatic heterocycles. The molecule has 0 saturated heterocycles. The van der Waals surface area contributed by atoms with Crippen LogP contribution in [0.2, 0.25) is 0 Å². The van der Waals surface area contributed by atoms with Crippen molar-refractivity contribution < 1.29 is 321 Å². The van der Waals surface area contributed by atoms with Crippen LogP contribution in [0.1, 0.15) is 0 Å². The van der Waals surface area contributed by atoms with Gasteiger partial charge in [-0.3, -0.25) is 0 Å². The minimum absolute atomic E-state index is 0. The molecule has 28 heteroatoms. The zero-order valence-corrected chi connectivity index (χ0v) is 37.7. The fourth-order valence-electron chi connectivity index (χ4n) is 0. The molecule has 0 spiro atoms. The molecule has 0 rings (SSSR count). The van der Waals surface area contributed by atoms with E-state index < -0.39 is 13.0 Å². The van der Waals surface area contributed by atoms with E-state index in [1.54, 1.807) is 0 Å². The van der Waals surface area contributed by atoms with Crippen molar-refractivity contribution in [2.75, 3.05) is 0 Å². The summed E-state index contributed by atoms with van der Waals surface area (Å²) < 4.78 is 0. The maximum absolute atomic E-state index is 8.00. The van der Waals surface area contributed by atoms with Gasteiger partial charge in [-0.2, -0.15) is 0 Å². The van der Waals surface area contributed by atoms with Crippen LogP contribution in [0.4, 0.5) is 0 Å². The first-order chi connectivity index (χ1) is 10.2. The standard InChI is InChI=1S/3ClH.6K.6HNO2.Rh/c;;;;;;;;;6*2-1-3;/h3*1H;;;;;;;6*(H,2,3);/q;;;6*+1;;;;;;;+3/p-9. The monoisotopic (exact) mass is 718 g/mol. The number of rotatable bonds is 0. The molecule has 0 aromatic carbocycles. The molecule has 0 unspecified atom stereocenters. The Morgan fingerprint density at radius 3 is 0.393 bits per heavy atom. The molecule has 0 heterocycles. The second-order valence-electron chi connectivity index (χ2n) is 0.590. The maximum atomic E-state index is 8.00. The van der Waals surface area contributed by atoms with Gasteiger partial charge in [0.2, 0.25) is 0 Å². The van der Waals surface area contributed by atoms with Crippen LogP contribution < -0.4 is 308 Å². The van der Waals surface area contributed by atoms with E-state index in [4.69, 9.17) is 89.8 Å². The van der Waals surface area contributed by atoms with Crippen LogP contribution in [0.25, 0.3) is 0 Å². The summed E-state index contributed by atoms with van der Waals surface area (Å²) in [4.78, 5) is 48.0. The Morgan fingerprint density at radius 1 is 0.393 bits per heavy atom. The van der Waals surface area contributed by atoms with Crippen molar-refractivity contribution in [3.63, 3.8) is 0 Å². The molecule has 18 nitrogen and oxygen atoms in total. The molecule has 0 amide bonds. The van der Waals surface area contributed by atoms with E-state index in [1.807, 2.05) is 0 Å². The molecule has 0 N–H and O–H groups in total. The average Bonchev–Trinajstić information content (AvgIpc) is 2.33. The van der Waals surface area contributed by atoms with E-state index in [0.29, 0.717) is 0 Å². The summed E-state index contributed by atoms with van der Waals surface area (Å²) in [6, 6.07) is 0. The fraction of sp³-hybridized carbons (Fsp3) is 0. The molecule has 0 aliphatic heterocycles. The molecule has 138 valence electrons. The molecule has 0 radical (unpaired) electrons. The van der Waals surface area contributed by atoms with Crippen LogP contribution >= 0.6 is 29.1 Å². The van der Waals surface area contributed by atoms with Gasteiger partial charge in [0, 0.05) is 0 Å². The van der Waals surface area contributed by atoms with Gasteiger partial charge in [-0.1, -0.05) is 0 Å². The SMILES string of the molecule is O=N[O-].O=N[O-].O=N[O-].O=N[O-].O=N[O-].O=N[O-].[Cl][Rh]([Cl])[Cl].[K+].[K+].[K+].[K+].[K+].[K+].